The normalized spacial score (nSPS) is 15.0. The fourth-order valence-corrected chi connectivity index (χ4v) is 3.51. The Bertz CT molecular complexity index is 683. The van der Waals surface area contributed by atoms with E-state index in [-0.39, 0.29) is 18.3 Å². The Labute approximate surface area is 168 Å². The lowest BCUT2D eigenvalue weighted by atomic mass is 9.93. The predicted molar refractivity (Wildman–Crippen MR) is 112 cm³/mol. The highest BCUT2D eigenvalue weighted by atomic mass is 35.5. The molecular weight excluding hydrogens is 360 g/mol. The molecular formula is C22H29ClN2O2. The van der Waals surface area contributed by atoms with E-state index in [4.69, 9.17) is 4.74 Å². The largest absolute Gasteiger partial charge is 0.497 e. The van der Waals surface area contributed by atoms with E-state index in [1.165, 1.54) is 18.4 Å². The van der Waals surface area contributed by atoms with Crippen LogP contribution in [0.1, 0.15) is 35.2 Å². The minimum Gasteiger partial charge on any atom is -0.497 e. The van der Waals surface area contributed by atoms with E-state index in [1.807, 2.05) is 12.1 Å². The molecule has 1 heterocycles. The summed E-state index contributed by atoms with van der Waals surface area (Å²) in [6, 6.07) is 17.9. The molecule has 2 aromatic rings. The number of amides is 1. The zero-order valence-corrected chi connectivity index (χ0v) is 16.7. The van der Waals surface area contributed by atoms with Gasteiger partial charge in [-0.05, 0) is 68.1 Å². The first-order valence-corrected chi connectivity index (χ1v) is 9.43. The third-order valence-corrected chi connectivity index (χ3v) is 5.15. The molecule has 0 bridgehead atoms. The third-order valence-electron chi connectivity index (χ3n) is 5.15. The number of methoxy groups -OCH3 is 1. The van der Waals surface area contributed by atoms with Gasteiger partial charge in [-0.25, -0.2) is 0 Å². The maximum Gasteiger partial charge on any atom is 0.251 e. The van der Waals surface area contributed by atoms with E-state index in [0.717, 1.165) is 38.3 Å². The van der Waals surface area contributed by atoms with Gasteiger partial charge < -0.3 is 10.1 Å². The standard InChI is InChI=1S/C22H28N2O2.ClH/c1-26-21-9-7-20(8-10-21)22(25)23-14-11-18-12-15-24(16-13-18)17-19-5-3-2-4-6-19;/h2-10,18H,11-17H2,1H3,(H,23,25);1H. The predicted octanol–water partition coefficient (Wildman–Crippen LogP) is 4.15. The maximum absolute atomic E-state index is 12.2. The molecule has 1 saturated heterocycles. The van der Waals surface area contributed by atoms with Crippen molar-refractivity contribution in [3.05, 3.63) is 65.7 Å². The van der Waals surface area contributed by atoms with Crippen molar-refractivity contribution in [2.75, 3.05) is 26.7 Å². The Balaban J connectivity index is 0.00000261. The van der Waals surface area contributed by atoms with E-state index in [0.29, 0.717) is 11.5 Å². The number of rotatable bonds is 7. The average Bonchev–Trinajstić information content (AvgIpc) is 2.70. The molecule has 0 radical (unpaired) electrons. The highest BCUT2D eigenvalue weighted by molar-refractivity contribution is 5.94. The van der Waals surface area contributed by atoms with Crippen LogP contribution in [0.5, 0.6) is 5.75 Å². The number of ether oxygens (including phenoxy) is 1. The molecule has 1 fully saturated rings. The quantitative estimate of drug-likeness (QED) is 0.774. The van der Waals surface area contributed by atoms with Crippen LogP contribution in [0, 0.1) is 5.92 Å². The molecule has 0 spiro atoms. The van der Waals surface area contributed by atoms with Crippen molar-refractivity contribution < 1.29 is 9.53 Å². The van der Waals surface area contributed by atoms with Gasteiger partial charge >= 0.3 is 0 Å². The van der Waals surface area contributed by atoms with Crippen molar-refractivity contribution in [3.63, 3.8) is 0 Å². The molecule has 4 nitrogen and oxygen atoms in total. The minimum absolute atomic E-state index is 0. The van der Waals surface area contributed by atoms with Crippen molar-refractivity contribution in [2.24, 2.45) is 5.92 Å². The summed E-state index contributed by atoms with van der Waals surface area (Å²) in [7, 11) is 1.63. The molecule has 2 aromatic carbocycles. The molecule has 0 unspecified atom stereocenters. The summed E-state index contributed by atoms with van der Waals surface area (Å²) in [4.78, 5) is 14.7. The van der Waals surface area contributed by atoms with Crippen molar-refractivity contribution >= 4 is 18.3 Å². The molecule has 27 heavy (non-hydrogen) atoms. The van der Waals surface area contributed by atoms with Crippen LogP contribution >= 0.6 is 12.4 Å². The second-order valence-corrected chi connectivity index (χ2v) is 6.98. The first-order valence-electron chi connectivity index (χ1n) is 9.43. The Morgan fingerprint density at radius 1 is 1.07 bits per heavy atom. The highest BCUT2D eigenvalue weighted by Crippen LogP contribution is 2.21. The van der Waals surface area contributed by atoms with E-state index in [2.05, 4.69) is 40.5 Å². The van der Waals surface area contributed by atoms with Crippen LogP contribution < -0.4 is 10.1 Å². The molecule has 0 aliphatic carbocycles. The number of nitrogens with one attached hydrogen (secondary N) is 1. The fourth-order valence-electron chi connectivity index (χ4n) is 3.51. The summed E-state index contributed by atoms with van der Waals surface area (Å²) < 4.78 is 5.12. The number of piperidine rings is 1. The monoisotopic (exact) mass is 388 g/mol. The smallest absolute Gasteiger partial charge is 0.251 e. The van der Waals surface area contributed by atoms with Gasteiger partial charge in [0.25, 0.3) is 5.91 Å². The molecule has 146 valence electrons. The van der Waals surface area contributed by atoms with Crippen LogP contribution in [0.4, 0.5) is 0 Å². The topological polar surface area (TPSA) is 41.6 Å². The number of benzene rings is 2. The third kappa shape index (κ3) is 6.56. The second kappa shape index (κ2) is 11.0. The summed E-state index contributed by atoms with van der Waals surface area (Å²) in [5, 5.41) is 3.04. The molecule has 0 aromatic heterocycles. The van der Waals surface area contributed by atoms with Crippen LogP contribution in [0.15, 0.2) is 54.6 Å². The Morgan fingerprint density at radius 2 is 1.74 bits per heavy atom. The van der Waals surface area contributed by atoms with Crippen molar-refractivity contribution in [3.8, 4) is 5.75 Å². The summed E-state index contributed by atoms with van der Waals surface area (Å²) in [5.74, 6) is 1.47. The number of hydrogen-bond donors (Lipinski definition) is 1. The van der Waals surface area contributed by atoms with Gasteiger partial charge in [0.1, 0.15) is 5.75 Å². The lowest BCUT2D eigenvalue weighted by molar-refractivity contribution is 0.0947. The number of halogens is 1. The van der Waals surface area contributed by atoms with Crippen LogP contribution in [0.2, 0.25) is 0 Å². The highest BCUT2D eigenvalue weighted by Gasteiger charge is 2.19. The molecule has 1 aliphatic rings. The second-order valence-electron chi connectivity index (χ2n) is 6.98. The lowest BCUT2D eigenvalue weighted by Gasteiger charge is -2.32. The van der Waals surface area contributed by atoms with Gasteiger partial charge in [-0.15, -0.1) is 12.4 Å². The molecule has 0 atom stereocenters. The number of nitrogens with zero attached hydrogens (tertiary/aromatic N) is 1. The summed E-state index contributed by atoms with van der Waals surface area (Å²) in [6.45, 7) is 4.08. The average molecular weight is 389 g/mol. The zero-order valence-electron chi connectivity index (χ0n) is 15.9. The van der Waals surface area contributed by atoms with Gasteiger partial charge in [-0.2, -0.15) is 0 Å². The fraction of sp³-hybridized carbons (Fsp3) is 0.409. The van der Waals surface area contributed by atoms with Crippen LogP contribution in [0.25, 0.3) is 0 Å². The zero-order chi connectivity index (χ0) is 18.2. The van der Waals surface area contributed by atoms with Gasteiger partial charge in [0.15, 0.2) is 0 Å². The Morgan fingerprint density at radius 3 is 2.37 bits per heavy atom. The molecule has 1 N–H and O–H groups in total. The first-order chi connectivity index (χ1) is 12.7. The SMILES string of the molecule is COc1ccc(C(=O)NCCC2CCN(Cc3ccccc3)CC2)cc1.Cl. The summed E-state index contributed by atoms with van der Waals surface area (Å²) >= 11 is 0. The van der Waals surface area contributed by atoms with E-state index < -0.39 is 0 Å². The van der Waals surface area contributed by atoms with Gasteiger partial charge in [0, 0.05) is 18.7 Å². The van der Waals surface area contributed by atoms with Crippen LogP contribution in [-0.2, 0) is 6.54 Å². The lowest BCUT2D eigenvalue weighted by Crippen LogP contribution is -2.34. The van der Waals surface area contributed by atoms with E-state index in [1.54, 1.807) is 19.2 Å². The van der Waals surface area contributed by atoms with Crippen molar-refractivity contribution in [2.45, 2.75) is 25.8 Å². The molecule has 1 amide bonds. The van der Waals surface area contributed by atoms with Gasteiger partial charge in [-0.1, -0.05) is 30.3 Å². The minimum atomic E-state index is -0.00540. The summed E-state index contributed by atoms with van der Waals surface area (Å²) in [5.41, 5.74) is 2.07. The first kappa shape index (κ1) is 21.3. The number of carbonyl (C=O) groups excluding carboxylic acids is 1. The molecule has 0 saturated carbocycles. The number of likely N-dealkylation sites (tertiary alicyclic amines) is 1. The Kier molecular flexibility index (Phi) is 8.62. The van der Waals surface area contributed by atoms with Gasteiger partial charge in [0.05, 0.1) is 7.11 Å². The maximum atomic E-state index is 12.2. The molecule has 1 aliphatic heterocycles. The van der Waals surface area contributed by atoms with Crippen LogP contribution in [0.3, 0.4) is 0 Å². The van der Waals surface area contributed by atoms with Crippen LogP contribution in [-0.4, -0.2) is 37.6 Å². The van der Waals surface area contributed by atoms with Crippen molar-refractivity contribution in [1.82, 2.24) is 10.2 Å². The van der Waals surface area contributed by atoms with E-state index >= 15 is 0 Å². The van der Waals surface area contributed by atoms with Gasteiger partial charge in [-0.3, -0.25) is 9.69 Å². The van der Waals surface area contributed by atoms with Crippen molar-refractivity contribution in [1.29, 1.82) is 0 Å². The summed E-state index contributed by atoms with van der Waals surface area (Å²) in [6.07, 6.45) is 3.48. The Hall–Kier alpha value is -2.04. The molecule has 5 heteroatoms. The molecule has 3 rings (SSSR count). The number of hydrogen-bond acceptors (Lipinski definition) is 3. The van der Waals surface area contributed by atoms with Gasteiger partial charge in [0.2, 0.25) is 0 Å². The number of carbonyl (C=O) groups is 1. The van der Waals surface area contributed by atoms with E-state index in [9.17, 15) is 4.79 Å².